The van der Waals surface area contributed by atoms with Crippen molar-refractivity contribution in [3.8, 4) is 11.5 Å². The lowest BCUT2D eigenvalue weighted by Crippen LogP contribution is -2.42. The number of amides is 2. The van der Waals surface area contributed by atoms with Crippen molar-refractivity contribution in [2.75, 3.05) is 13.7 Å². The van der Waals surface area contributed by atoms with Gasteiger partial charge in [0.2, 0.25) is 5.91 Å². The van der Waals surface area contributed by atoms with E-state index < -0.39 is 5.91 Å². The van der Waals surface area contributed by atoms with E-state index in [0.29, 0.717) is 29.6 Å². The van der Waals surface area contributed by atoms with E-state index in [1.54, 1.807) is 18.2 Å². The third kappa shape index (κ3) is 5.57. The number of ether oxygens (including phenoxy) is 2. The second-order valence-corrected chi connectivity index (χ2v) is 7.85. The number of carbonyl (C=O) groups is 2. The van der Waals surface area contributed by atoms with Crippen LogP contribution in [-0.4, -0.2) is 30.5 Å². The van der Waals surface area contributed by atoms with Crippen molar-refractivity contribution in [1.82, 2.24) is 15.8 Å². The van der Waals surface area contributed by atoms with Gasteiger partial charge in [0.1, 0.15) is 0 Å². The summed E-state index contributed by atoms with van der Waals surface area (Å²) >= 11 is 0. The Morgan fingerprint density at radius 3 is 2.58 bits per heavy atom. The lowest BCUT2D eigenvalue weighted by atomic mass is 10.1. The summed E-state index contributed by atoms with van der Waals surface area (Å²) in [5.41, 5.74) is 8.13. The zero-order chi connectivity index (χ0) is 22.4. The summed E-state index contributed by atoms with van der Waals surface area (Å²) in [7, 11) is 1.53. The van der Waals surface area contributed by atoms with E-state index in [4.69, 9.17) is 9.47 Å². The highest BCUT2D eigenvalue weighted by Gasteiger charge is 2.15. The molecule has 0 fully saturated rings. The monoisotopic (exact) mass is 423 g/mol. The molecule has 164 valence electrons. The average Bonchev–Trinajstić information content (AvgIpc) is 3.07. The van der Waals surface area contributed by atoms with Gasteiger partial charge in [-0.15, -0.1) is 0 Å². The van der Waals surface area contributed by atoms with Crippen LogP contribution in [0.3, 0.4) is 0 Å². The molecule has 2 aromatic carbocycles. The van der Waals surface area contributed by atoms with Crippen LogP contribution in [0.4, 0.5) is 0 Å². The molecule has 0 atom stereocenters. The van der Waals surface area contributed by atoms with Crippen molar-refractivity contribution in [3.05, 3.63) is 59.3 Å². The number of H-pyrrole nitrogens is 1. The number of nitrogens with one attached hydrogen (secondary N) is 3. The molecule has 0 aliphatic carbocycles. The second kappa shape index (κ2) is 10.0. The van der Waals surface area contributed by atoms with Gasteiger partial charge in [0.05, 0.1) is 20.1 Å². The molecule has 7 nitrogen and oxygen atoms in total. The molecule has 0 unspecified atom stereocenters. The number of hydrogen-bond donors (Lipinski definition) is 3. The lowest BCUT2D eigenvalue weighted by Gasteiger charge is -2.13. The van der Waals surface area contributed by atoms with Gasteiger partial charge in [0.25, 0.3) is 5.91 Å². The lowest BCUT2D eigenvalue weighted by molar-refractivity contribution is -0.121. The minimum Gasteiger partial charge on any atom is -0.493 e. The molecule has 7 heteroatoms. The smallest absolute Gasteiger partial charge is 0.269 e. The molecule has 1 heterocycles. The molecule has 0 bridgehead atoms. The standard InChI is InChI=1S/C24H29N3O4/c1-15(2)11-12-31-21-10-9-17(13-22(21)30-4)24(29)27-26-23(28)14-19-16(3)25-20-8-6-5-7-18(19)20/h5-10,13,15,25H,11-12,14H2,1-4H3,(H,26,28)(H,27,29). The van der Waals surface area contributed by atoms with Crippen LogP contribution in [0, 0.1) is 12.8 Å². The molecule has 1 aromatic heterocycles. The molecule has 0 radical (unpaired) electrons. The van der Waals surface area contributed by atoms with Crippen molar-refractivity contribution in [2.45, 2.75) is 33.6 Å². The number of aryl methyl sites for hydroxylation is 1. The van der Waals surface area contributed by atoms with Gasteiger partial charge in [-0.1, -0.05) is 32.0 Å². The Kier molecular flexibility index (Phi) is 7.18. The number of carbonyl (C=O) groups excluding carboxylic acids is 2. The summed E-state index contributed by atoms with van der Waals surface area (Å²) < 4.78 is 11.1. The number of aromatic nitrogens is 1. The highest BCUT2D eigenvalue weighted by Crippen LogP contribution is 2.28. The van der Waals surface area contributed by atoms with Crippen molar-refractivity contribution in [2.24, 2.45) is 5.92 Å². The third-order valence-electron chi connectivity index (χ3n) is 5.06. The first-order chi connectivity index (χ1) is 14.9. The SMILES string of the molecule is COc1cc(C(=O)NNC(=O)Cc2c(C)[nH]c3ccccc23)ccc1OCCC(C)C. The number of aromatic amines is 1. The predicted molar refractivity (Wildman–Crippen MR) is 120 cm³/mol. The molecular weight excluding hydrogens is 394 g/mol. The second-order valence-electron chi connectivity index (χ2n) is 7.85. The Balaban J connectivity index is 1.59. The predicted octanol–water partition coefficient (Wildman–Crippen LogP) is 3.91. The first kappa shape index (κ1) is 22.2. The van der Waals surface area contributed by atoms with Crippen LogP contribution in [-0.2, 0) is 11.2 Å². The molecule has 31 heavy (non-hydrogen) atoms. The Bertz CT molecular complexity index is 1070. The average molecular weight is 424 g/mol. The number of benzene rings is 2. The van der Waals surface area contributed by atoms with E-state index in [2.05, 4.69) is 29.7 Å². The molecule has 0 spiro atoms. The van der Waals surface area contributed by atoms with Gasteiger partial charge < -0.3 is 14.5 Å². The topological polar surface area (TPSA) is 92.5 Å². The summed E-state index contributed by atoms with van der Waals surface area (Å²) in [5.74, 6) is 0.848. The minimum absolute atomic E-state index is 0.155. The zero-order valence-electron chi connectivity index (χ0n) is 18.4. The van der Waals surface area contributed by atoms with Crippen LogP contribution in [0.1, 0.15) is 41.9 Å². The summed E-state index contributed by atoms with van der Waals surface area (Å²) in [4.78, 5) is 28.2. The van der Waals surface area contributed by atoms with E-state index >= 15 is 0 Å². The van der Waals surface area contributed by atoms with Gasteiger partial charge in [-0.2, -0.15) is 0 Å². The third-order valence-corrected chi connectivity index (χ3v) is 5.06. The van der Waals surface area contributed by atoms with Crippen LogP contribution < -0.4 is 20.3 Å². The molecule has 3 rings (SSSR count). The van der Waals surface area contributed by atoms with E-state index in [1.165, 1.54) is 7.11 Å². The van der Waals surface area contributed by atoms with Crippen LogP contribution >= 0.6 is 0 Å². The summed E-state index contributed by atoms with van der Waals surface area (Å²) in [6, 6.07) is 12.7. The van der Waals surface area contributed by atoms with Crippen LogP contribution in [0.15, 0.2) is 42.5 Å². The number of hydrazine groups is 1. The largest absolute Gasteiger partial charge is 0.493 e. The summed E-state index contributed by atoms with van der Waals surface area (Å²) in [5, 5.41) is 0.999. The van der Waals surface area contributed by atoms with Crippen molar-refractivity contribution >= 4 is 22.7 Å². The highest BCUT2D eigenvalue weighted by atomic mass is 16.5. The fraction of sp³-hybridized carbons (Fsp3) is 0.333. The molecule has 3 aromatic rings. The van der Waals surface area contributed by atoms with Crippen molar-refractivity contribution in [1.29, 1.82) is 0 Å². The fourth-order valence-corrected chi connectivity index (χ4v) is 3.30. The van der Waals surface area contributed by atoms with Gasteiger partial charge >= 0.3 is 0 Å². The van der Waals surface area contributed by atoms with Gasteiger partial charge in [0.15, 0.2) is 11.5 Å². The van der Waals surface area contributed by atoms with E-state index in [-0.39, 0.29) is 12.3 Å². The van der Waals surface area contributed by atoms with Crippen LogP contribution in [0.25, 0.3) is 10.9 Å². The summed E-state index contributed by atoms with van der Waals surface area (Å²) in [6.45, 7) is 6.76. The summed E-state index contributed by atoms with van der Waals surface area (Å²) in [6.07, 6.45) is 1.08. The van der Waals surface area contributed by atoms with Gasteiger partial charge in [-0.25, -0.2) is 0 Å². The zero-order valence-corrected chi connectivity index (χ0v) is 18.4. The maximum atomic E-state index is 12.5. The van der Waals surface area contributed by atoms with Crippen molar-refractivity contribution in [3.63, 3.8) is 0 Å². The normalized spacial score (nSPS) is 10.9. The highest BCUT2D eigenvalue weighted by molar-refractivity contribution is 5.96. The number of hydrogen-bond acceptors (Lipinski definition) is 4. The molecule has 3 N–H and O–H groups in total. The number of para-hydroxylation sites is 1. The first-order valence-electron chi connectivity index (χ1n) is 10.3. The molecule has 0 aliphatic heterocycles. The van der Waals surface area contributed by atoms with E-state index in [9.17, 15) is 9.59 Å². The maximum absolute atomic E-state index is 12.5. The molecular formula is C24H29N3O4. The van der Waals surface area contributed by atoms with E-state index in [0.717, 1.165) is 28.6 Å². The first-order valence-corrected chi connectivity index (χ1v) is 10.3. The Morgan fingerprint density at radius 2 is 1.84 bits per heavy atom. The molecule has 0 saturated heterocycles. The Hall–Kier alpha value is -3.48. The van der Waals surface area contributed by atoms with E-state index in [1.807, 2.05) is 31.2 Å². The van der Waals surface area contributed by atoms with Gasteiger partial charge in [-0.05, 0) is 49.1 Å². The Labute approximate surface area is 182 Å². The molecule has 0 aliphatic rings. The minimum atomic E-state index is -0.434. The molecule has 0 saturated carbocycles. The quantitative estimate of drug-likeness (QED) is 0.479. The van der Waals surface area contributed by atoms with Gasteiger partial charge in [-0.3, -0.25) is 20.4 Å². The van der Waals surface area contributed by atoms with Gasteiger partial charge in [0, 0.05) is 22.2 Å². The maximum Gasteiger partial charge on any atom is 0.269 e. The Morgan fingerprint density at radius 1 is 1.06 bits per heavy atom. The van der Waals surface area contributed by atoms with Crippen LogP contribution in [0.5, 0.6) is 11.5 Å². The number of methoxy groups -OCH3 is 1. The number of rotatable bonds is 8. The molecule has 2 amide bonds. The number of fused-ring (bicyclic) bond motifs is 1. The van der Waals surface area contributed by atoms with Crippen molar-refractivity contribution < 1.29 is 19.1 Å². The fourth-order valence-electron chi connectivity index (χ4n) is 3.30. The van der Waals surface area contributed by atoms with Crippen LogP contribution in [0.2, 0.25) is 0 Å².